The number of carboxylic acid groups (broad SMARTS) is 1. The molecular formula is C15H12Cl2O3. The number of phenols is 1. The van der Waals surface area contributed by atoms with Crippen LogP contribution in [0.15, 0.2) is 42.5 Å². The molecule has 0 heterocycles. The van der Waals surface area contributed by atoms with Crippen molar-refractivity contribution in [3.63, 3.8) is 0 Å². The zero-order chi connectivity index (χ0) is 14.7. The molecule has 3 nitrogen and oxygen atoms in total. The number of aliphatic carboxylic acids is 1. The molecular weight excluding hydrogens is 299 g/mol. The highest BCUT2D eigenvalue weighted by Crippen LogP contribution is 2.29. The number of phenolic OH excluding ortho intramolecular Hbond substituents is 1. The summed E-state index contributed by atoms with van der Waals surface area (Å²) in [6, 6.07) is 11.2. The summed E-state index contributed by atoms with van der Waals surface area (Å²) < 4.78 is 0. The van der Waals surface area contributed by atoms with Gasteiger partial charge in [-0.15, -0.1) is 0 Å². The van der Waals surface area contributed by atoms with E-state index in [4.69, 9.17) is 23.2 Å². The number of hydrogen-bond donors (Lipinski definition) is 2. The number of hydrogen-bond acceptors (Lipinski definition) is 2. The summed E-state index contributed by atoms with van der Waals surface area (Å²) in [4.78, 5) is 11.4. The van der Waals surface area contributed by atoms with Crippen LogP contribution in [0.4, 0.5) is 0 Å². The van der Waals surface area contributed by atoms with Crippen LogP contribution in [0.25, 0.3) is 0 Å². The first-order chi connectivity index (χ1) is 9.47. The first-order valence-electron chi connectivity index (χ1n) is 5.93. The lowest BCUT2D eigenvalue weighted by molar-refractivity contribution is -0.138. The van der Waals surface area contributed by atoms with Crippen LogP contribution in [0.1, 0.15) is 17.0 Å². The Balaban J connectivity index is 2.33. The fourth-order valence-corrected chi connectivity index (χ4v) is 2.48. The highest BCUT2D eigenvalue weighted by atomic mass is 35.5. The Labute approximate surface area is 126 Å². The molecule has 1 atom stereocenters. The van der Waals surface area contributed by atoms with Gasteiger partial charge in [-0.25, -0.2) is 0 Å². The molecule has 2 aromatic rings. The molecule has 0 radical (unpaired) electrons. The maximum absolute atomic E-state index is 11.4. The normalized spacial score (nSPS) is 12.1. The molecule has 0 aliphatic heterocycles. The van der Waals surface area contributed by atoms with Crippen LogP contribution in [0.5, 0.6) is 5.75 Å². The third-order valence-corrected chi connectivity index (χ3v) is 3.60. The second kappa shape index (κ2) is 6.16. The minimum atomic E-state index is -0.971. The maximum Gasteiger partial charge on any atom is 0.311 e. The number of rotatable bonds is 4. The second-order valence-corrected chi connectivity index (χ2v) is 5.27. The summed E-state index contributed by atoms with van der Waals surface area (Å²) in [6.07, 6.45) is 0.231. The molecule has 0 aliphatic rings. The van der Waals surface area contributed by atoms with Crippen LogP contribution in [-0.4, -0.2) is 16.2 Å². The standard InChI is InChI=1S/C15H12Cl2O3/c16-11-5-4-10(14(17)8-11)7-13(15(19)20)9-2-1-3-12(18)6-9/h1-6,8,13,18H,7H2,(H,19,20). The number of carbonyl (C=O) groups is 1. The van der Waals surface area contributed by atoms with Crippen molar-refractivity contribution < 1.29 is 15.0 Å². The molecule has 104 valence electrons. The predicted molar refractivity (Wildman–Crippen MR) is 78.6 cm³/mol. The van der Waals surface area contributed by atoms with Crippen molar-refractivity contribution in [1.82, 2.24) is 0 Å². The Morgan fingerprint density at radius 2 is 1.90 bits per heavy atom. The molecule has 2 rings (SSSR count). The van der Waals surface area contributed by atoms with E-state index in [1.54, 1.807) is 30.3 Å². The van der Waals surface area contributed by atoms with Crippen molar-refractivity contribution in [1.29, 1.82) is 0 Å². The molecule has 0 amide bonds. The lowest BCUT2D eigenvalue weighted by Crippen LogP contribution is -2.14. The lowest BCUT2D eigenvalue weighted by Gasteiger charge is -2.14. The van der Waals surface area contributed by atoms with Gasteiger partial charge in [0, 0.05) is 10.0 Å². The van der Waals surface area contributed by atoms with Gasteiger partial charge in [-0.2, -0.15) is 0 Å². The molecule has 0 saturated carbocycles. The molecule has 2 N–H and O–H groups in total. The Morgan fingerprint density at radius 3 is 2.50 bits per heavy atom. The topological polar surface area (TPSA) is 57.5 Å². The van der Waals surface area contributed by atoms with Crippen LogP contribution in [0.3, 0.4) is 0 Å². The van der Waals surface area contributed by atoms with E-state index in [1.807, 2.05) is 0 Å². The van der Waals surface area contributed by atoms with Crippen LogP contribution < -0.4 is 0 Å². The van der Waals surface area contributed by atoms with Gasteiger partial charge in [0.2, 0.25) is 0 Å². The summed E-state index contributed by atoms with van der Waals surface area (Å²) in [6.45, 7) is 0. The van der Waals surface area contributed by atoms with Crippen LogP contribution in [0, 0.1) is 0 Å². The quantitative estimate of drug-likeness (QED) is 0.893. The third-order valence-electron chi connectivity index (χ3n) is 3.01. The highest BCUT2D eigenvalue weighted by Gasteiger charge is 2.21. The SMILES string of the molecule is O=C(O)C(Cc1ccc(Cl)cc1Cl)c1cccc(O)c1. The zero-order valence-electron chi connectivity index (χ0n) is 10.4. The molecule has 0 spiro atoms. The molecule has 0 aromatic heterocycles. The van der Waals surface area contributed by atoms with E-state index in [9.17, 15) is 15.0 Å². The van der Waals surface area contributed by atoms with Gasteiger partial charge in [0.05, 0.1) is 5.92 Å². The molecule has 0 fully saturated rings. The molecule has 1 unspecified atom stereocenters. The van der Waals surface area contributed by atoms with Crippen LogP contribution >= 0.6 is 23.2 Å². The number of halogens is 2. The van der Waals surface area contributed by atoms with Crippen LogP contribution in [0.2, 0.25) is 10.0 Å². The Bertz CT molecular complexity index is 641. The highest BCUT2D eigenvalue weighted by molar-refractivity contribution is 6.35. The molecule has 5 heteroatoms. The van der Waals surface area contributed by atoms with Crippen molar-refractivity contribution in [3.8, 4) is 5.75 Å². The number of benzene rings is 2. The maximum atomic E-state index is 11.4. The van der Waals surface area contributed by atoms with E-state index in [-0.39, 0.29) is 12.2 Å². The van der Waals surface area contributed by atoms with Crippen molar-refractivity contribution in [2.75, 3.05) is 0 Å². The molecule has 0 aliphatic carbocycles. The zero-order valence-corrected chi connectivity index (χ0v) is 11.9. The van der Waals surface area contributed by atoms with Gasteiger partial charge in [-0.1, -0.05) is 41.4 Å². The van der Waals surface area contributed by atoms with Gasteiger partial charge < -0.3 is 10.2 Å². The monoisotopic (exact) mass is 310 g/mol. The summed E-state index contributed by atoms with van der Waals surface area (Å²) >= 11 is 11.9. The molecule has 0 saturated heterocycles. The largest absolute Gasteiger partial charge is 0.508 e. The van der Waals surface area contributed by atoms with Crippen molar-refractivity contribution >= 4 is 29.2 Å². The van der Waals surface area contributed by atoms with Gasteiger partial charge >= 0.3 is 5.97 Å². The third kappa shape index (κ3) is 3.44. The fourth-order valence-electron chi connectivity index (χ4n) is 2.00. The first-order valence-corrected chi connectivity index (χ1v) is 6.68. The van der Waals surface area contributed by atoms with E-state index in [1.165, 1.54) is 12.1 Å². The summed E-state index contributed by atoms with van der Waals surface area (Å²) in [5.74, 6) is -1.71. The van der Waals surface area contributed by atoms with E-state index in [0.29, 0.717) is 21.2 Å². The summed E-state index contributed by atoms with van der Waals surface area (Å²) in [5.41, 5.74) is 1.23. The average Bonchev–Trinajstić information content (AvgIpc) is 2.37. The first kappa shape index (κ1) is 14.7. The summed E-state index contributed by atoms with van der Waals surface area (Å²) in [5, 5.41) is 19.8. The minimum Gasteiger partial charge on any atom is -0.508 e. The predicted octanol–water partition coefficient (Wildman–Crippen LogP) is 4.11. The fraction of sp³-hybridized carbons (Fsp3) is 0.133. The van der Waals surface area contributed by atoms with Gasteiger partial charge in [0.1, 0.15) is 5.75 Å². The van der Waals surface area contributed by atoms with Crippen molar-refractivity contribution in [3.05, 3.63) is 63.6 Å². The Kier molecular flexibility index (Phi) is 4.53. The average molecular weight is 311 g/mol. The second-order valence-electron chi connectivity index (χ2n) is 4.43. The minimum absolute atomic E-state index is 0.0379. The Morgan fingerprint density at radius 1 is 1.15 bits per heavy atom. The van der Waals surface area contributed by atoms with Gasteiger partial charge in [-0.3, -0.25) is 4.79 Å². The molecule has 20 heavy (non-hydrogen) atoms. The molecule has 2 aromatic carbocycles. The van der Waals surface area contributed by atoms with E-state index in [2.05, 4.69) is 0 Å². The van der Waals surface area contributed by atoms with Crippen molar-refractivity contribution in [2.24, 2.45) is 0 Å². The molecule has 0 bridgehead atoms. The Hall–Kier alpha value is -1.71. The summed E-state index contributed by atoms with van der Waals surface area (Å²) in [7, 11) is 0. The smallest absolute Gasteiger partial charge is 0.311 e. The van der Waals surface area contributed by atoms with E-state index >= 15 is 0 Å². The number of carboxylic acids is 1. The van der Waals surface area contributed by atoms with E-state index < -0.39 is 11.9 Å². The van der Waals surface area contributed by atoms with Gasteiger partial charge in [0.15, 0.2) is 0 Å². The number of aromatic hydroxyl groups is 1. The van der Waals surface area contributed by atoms with Crippen LogP contribution in [-0.2, 0) is 11.2 Å². The lowest BCUT2D eigenvalue weighted by atomic mass is 9.92. The van der Waals surface area contributed by atoms with E-state index in [0.717, 1.165) is 0 Å². The van der Waals surface area contributed by atoms with Crippen molar-refractivity contribution in [2.45, 2.75) is 12.3 Å². The van der Waals surface area contributed by atoms with Gasteiger partial charge in [0.25, 0.3) is 0 Å². The van der Waals surface area contributed by atoms with Gasteiger partial charge in [-0.05, 0) is 41.8 Å².